The summed E-state index contributed by atoms with van der Waals surface area (Å²) in [6.07, 6.45) is 5.62. The maximum atomic E-state index is 14.0. The van der Waals surface area contributed by atoms with Crippen molar-refractivity contribution in [1.82, 2.24) is 14.7 Å². The highest BCUT2D eigenvalue weighted by Crippen LogP contribution is 2.63. The number of aliphatic hydroxyl groups is 1. The monoisotopic (exact) mass is 461 g/mol. The van der Waals surface area contributed by atoms with Crippen LogP contribution in [0.4, 0.5) is 0 Å². The Morgan fingerprint density at radius 1 is 1.21 bits per heavy atom. The molecular formula is C25H39N3O5. The number of amides is 3. The number of ether oxygens (including phenoxy) is 1. The molecule has 0 saturated carbocycles. The Kier molecular flexibility index (Phi) is 7.39. The molecule has 8 heteroatoms. The van der Waals surface area contributed by atoms with E-state index in [0.717, 1.165) is 0 Å². The van der Waals surface area contributed by atoms with Gasteiger partial charge in [0, 0.05) is 39.3 Å². The van der Waals surface area contributed by atoms with Gasteiger partial charge in [0.15, 0.2) is 0 Å². The zero-order valence-electron chi connectivity index (χ0n) is 20.5. The van der Waals surface area contributed by atoms with Gasteiger partial charge in [-0.25, -0.2) is 0 Å². The predicted molar refractivity (Wildman–Crippen MR) is 125 cm³/mol. The Labute approximate surface area is 197 Å². The number of hydrogen-bond donors (Lipinski definition) is 1. The second kappa shape index (κ2) is 9.58. The fourth-order valence-electron chi connectivity index (χ4n) is 6.09. The largest absolute Gasteiger partial charge is 0.396 e. The van der Waals surface area contributed by atoms with Crippen molar-refractivity contribution in [3.8, 4) is 0 Å². The first kappa shape index (κ1) is 25.4. The summed E-state index contributed by atoms with van der Waals surface area (Å²) in [6.45, 7) is 14.4. The number of rotatable bonds is 11. The van der Waals surface area contributed by atoms with E-state index in [1.807, 2.05) is 20.8 Å². The Morgan fingerprint density at radius 3 is 2.45 bits per heavy atom. The van der Waals surface area contributed by atoms with Crippen LogP contribution in [0.1, 0.15) is 46.5 Å². The first-order chi connectivity index (χ1) is 15.6. The standard InChI is InChI=1S/C25H39N3O5/c1-7-13-26(6)21(30)18-19-22(31)28(15-9-10-16-29)20(23(32)27(14-8-2)17(3)4)25(19)12-11-24(18,5)33-25/h7-8,17-20,29H,1-2,9-16H2,3-6H3/t18-,19-,20?,24+,25?/m0/s1. The third-order valence-corrected chi connectivity index (χ3v) is 7.60. The third kappa shape index (κ3) is 4.01. The minimum Gasteiger partial charge on any atom is -0.396 e. The number of nitrogens with zero attached hydrogens (tertiary/aromatic N) is 3. The first-order valence-corrected chi connectivity index (χ1v) is 12.0. The van der Waals surface area contributed by atoms with Crippen molar-refractivity contribution in [1.29, 1.82) is 0 Å². The van der Waals surface area contributed by atoms with Crippen LogP contribution in [-0.4, -0.2) is 94.1 Å². The van der Waals surface area contributed by atoms with E-state index in [2.05, 4.69) is 13.2 Å². The SMILES string of the molecule is C=CCN(C)C(=O)[C@@H]1[C@H]2C(=O)N(CCCCO)C(C(=O)N(CC=C)C(C)C)C23CC[C@@]1(C)O3. The normalized spacial score (nSPS) is 32.2. The summed E-state index contributed by atoms with van der Waals surface area (Å²) in [4.78, 5) is 46.2. The Hall–Kier alpha value is -2.19. The zero-order chi connectivity index (χ0) is 24.6. The fourth-order valence-corrected chi connectivity index (χ4v) is 6.09. The van der Waals surface area contributed by atoms with E-state index < -0.39 is 29.1 Å². The lowest BCUT2D eigenvalue weighted by Gasteiger charge is -2.38. The van der Waals surface area contributed by atoms with E-state index in [1.54, 1.807) is 33.9 Å². The minimum atomic E-state index is -1.02. The molecule has 0 aliphatic carbocycles. The highest BCUT2D eigenvalue weighted by molar-refractivity contribution is 5.99. The van der Waals surface area contributed by atoms with Crippen LogP contribution in [0.25, 0.3) is 0 Å². The van der Waals surface area contributed by atoms with Gasteiger partial charge in [0.2, 0.25) is 17.7 Å². The summed E-state index contributed by atoms with van der Waals surface area (Å²) >= 11 is 0. The van der Waals surface area contributed by atoms with E-state index in [1.165, 1.54) is 0 Å². The summed E-state index contributed by atoms with van der Waals surface area (Å²) in [6, 6.07) is -0.869. The number of unbranched alkanes of at least 4 members (excludes halogenated alkanes) is 1. The summed E-state index contributed by atoms with van der Waals surface area (Å²) in [5.74, 6) is -1.85. The van der Waals surface area contributed by atoms with Crippen molar-refractivity contribution < 1.29 is 24.2 Å². The summed E-state index contributed by atoms with van der Waals surface area (Å²) in [5, 5.41) is 9.26. The van der Waals surface area contributed by atoms with Crippen molar-refractivity contribution in [2.45, 2.75) is 69.7 Å². The van der Waals surface area contributed by atoms with E-state index in [9.17, 15) is 19.5 Å². The third-order valence-electron chi connectivity index (χ3n) is 7.60. The molecule has 3 fully saturated rings. The van der Waals surface area contributed by atoms with Crippen LogP contribution in [0.3, 0.4) is 0 Å². The zero-order valence-corrected chi connectivity index (χ0v) is 20.5. The Bertz CT molecular complexity index is 814. The smallest absolute Gasteiger partial charge is 0.248 e. The van der Waals surface area contributed by atoms with Gasteiger partial charge in [-0.3, -0.25) is 14.4 Å². The highest BCUT2D eigenvalue weighted by atomic mass is 16.5. The van der Waals surface area contributed by atoms with Gasteiger partial charge in [-0.15, -0.1) is 13.2 Å². The van der Waals surface area contributed by atoms with Crippen LogP contribution in [0.5, 0.6) is 0 Å². The average molecular weight is 462 g/mol. The van der Waals surface area contributed by atoms with Gasteiger partial charge in [-0.2, -0.15) is 0 Å². The molecule has 3 amide bonds. The fraction of sp³-hybridized carbons (Fsp3) is 0.720. The van der Waals surface area contributed by atoms with Gasteiger partial charge in [0.05, 0.1) is 17.4 Å². The molecule has 1 spiro atoms. The highest BCUT2D eigenvalue weighted by Gasteiger charge is 2.78. The van der Waals surface area contributed by atoms with E-state index in [-0.39, 0.29) is 30.4 Å². The number of fused-ring (bicyclic) bond motifs is 1. The van der Waals surface area contributed by atoms with Gasteiger partial charge in [0.1, 0.15) is 11.6 Å². The first-order valence-electron chi connectivity index (χ1n) is 12.0. The molecule has 3 heterocycles. The van der Waals surface area contributed by atoms with Crippen LogP contribution < -0.4 is 0 Å². The summed E-state index contributed by atoms with van der Waals surface area (Å²) < 4.78 is 6.62. The number of hydrogen-bond acceptors (Lipinski definition) is 5. The molecule has 8 nitrogen and oxygen atoms in total. The molecule has 2 unspecified atom stereocenters. The molecule has 5 atom stereocenters. The van der Waals surface area contributed by atoms with Crippen LogP contribution in [0.2, 0.25) is 0 Å². The minimum absolute atomic E-state index is 0.0197. The van der Waals surface area contributed by atoms with E-state index in [0.29, 0.717) is 45.3 Å². The molecule has 3 saturated heterocycles. The molecule has 3 rings (SSSR count). The molecule has 0 aromatic rings. The van der Waals surface area contributed by atoms with Crippen LogP contribution in [0, 0.1) is 11.8 Å². The molecule has 0 aromatic carbocycles. The topological polar surface area (TPSA) is 90.4 Å². The Balaban J connectivity index is 2.06. The van der Waals surface area contributed by atoms with Gasteiger partial charge in [-0.1, -0.05) is 12.2 Å². The second-order valence-corrected chi connectivity index (χ2v) is 10.1. The number of likely N-dealkylation sites (N-methyl/N-ethyl adjacent to an activating group) is 1. The molecule has 3 aliphatic rings. The molecule has 0 radical (unpaired) electrons. The molecule has 0 aromatic heterocycles. The lowest BCUT2D eigenvalue weighted by Crippen LogP contribution is -2.57. The Morgan fingerprint density at radius 2 is 1.88 bits per heavy atom. The van der Waals surface area contributed by atoms with Crippen molar-refractivity contribution in [2.75, 3.05) is 33.3 Å². The van der Waals surface area contributed by atoms with Crippen molar-refractivity contribution in [2.24, 2.45) is 11.8 Å². The maximum Gasteiger partial charge on any atom is 0.248 e. The predicted octanol–water partition coefficient (Wildman–Crippen LogP) is 1.59. The number of carbonyl (C=O) groups excluding carboxylic acids is 3. The summed E-state index contributed by atoms with van der Waals surface area (Å²) in [5.41, 5.74) is -1.81. The number of aliphatic hydroxyl groups excluding tert-OH is 1. The van der Waals surface area contributed by atoms with Crippen molar-refractivity contribution >= 4 is 17.7 Å². The van der Waals surface area contributed by atoms with Crippen LogP contribution in [-0.2, 0) is 19.1 Å². The van der Waals surface area contributed by atoms with E-state index >= 15 is 0 Å². The second-order valence-electron chi connectivity index (χ2n) is 10.1. The van der Waals surface area contributed by atoms with Gasteiger partial charge in [0.25, 0.3) is 0 Å². The molecule has 2 bridgehead atoms. The van der Waals surface area contributed by atoms with Crippen molar-refractivity contribution in [3.63, 3.8) is 0 Å². The van der Waals surface area contributed by atoms with Crippen LogP contribution >= 0.6 is 0 Å². The molecule has 3 aliphatic heterocycles. The van der Waals surface area contributed by atoms with Gasteiger partial charge in [-0.05, 0) is 46.5 Å². The van der Waals surface area contributed by atoms with Crippen LogP contribution in [0.15, 0.2) is 25.3 Å². The van der Waals surface area contributed by atoms with Gasteiger partial charge >= 0.3 is 0 Å². The molecular weight excluding hydrogens is 422 g/mol. The molecule has 184 valence electrons. The van der Waals surface area contributed by atoms with Crippen molar-refractivity contribution in [3.05, 3.63) is 25.3 Å². The number of carbonyl (C=O) groups is 3. The molecule has 1 N–H and O–H groups in total. The van der Waals surface area contributed by atoms with Gasteiger partial charge < -0.3 is 24.5 Å². The quantitative estimate of drug-likeness (QED) is 0.373. The maximum absolute atomic E-state index is 14.0. The summed E-state index contributed by atoms with van der Waals surface area (Å²) in [7, 11) is 1.71. The van der Waals surface area contributed by atoms with E-state index in [4.69, 9.17) is 4.74 Å². The average Bonchev–Trinajstić information content (AvgIpc) is 3.32. The lowest BCUT2D eigenvalue weighted by atomic mass is 9.66. The lowest BCUT2D eigenvalue weighted by molar-refractivity contribution is -0.154. The number of likely N-dealkylation sites (tertiary alicyclic amines) is 1. The molecule has 33 heavy (non-hydrogen) atoms.